The Morgan fingerprint density at radius 3 is 3.00 bits per heavy atom. The lowest BCUT2D eigenvalue weighted by Crippen LogP contribution is -2.27. The number of nitrogen functional groups attached to an aromatic ring is 1. The zero-order chi connectivity index (χ0) is 11.5. The Labute approximate surface area is 92.8 Å². The zero-order valence-corrected chi connectivity index (χ0v) is 8.76. The molecule has 2 heterocycles. The lowest BCUT2D eigenvalue weighted by Gasteiger charge is -2.16. The predicted molar refractivity (Wildman–Crippen MR) is 59.4 cm³/mol. The molecule has 1 amide bonds. The van der Waals surface area contributed by atoms with E-state index < -0.39 is 0 Å². The van der Waals surface area contributed by atoms with Gasteiger partial charge >= 0.3 is 0 Å². The van der Waals surface area contributed by atoms with E-state index in [0.29, 0.717) is 12.4 Å². The minimum absolute atomic E-state index is 0.0933. The molecule has 7 heteroatoms. The fourth-order valence-corrected chi connectivity index (χ4v) is 1.80. The first-order valence-electron chi connectivity index (χ1n) is 5.03. The molecule has 0 aromatic carbocycles. The summed E-state index contributed by atoms with van der Waals surface area (Å²) in [6.45, 7) is 1.38. The molecule has 1 saturated heterocycles. The lowest BCUT2D eigenvalue weighted by atomic mass is 10.1. The maximum atomic E-state index is 11.0. The number of hydrogen-bond acceptors (Lipinski definition) is 6. The van der Waals surface area contributed by atoms with E-state index in [0.717, 1.165) is 18.8 Å². The van der Waals surface area contributed by atoms with Crippen LogP contribution in [0.15, 0.2) is 12.4 Å². The summed E-state index contributed by atoms with van der Waals surface area (Å²) in [5.41, 5.74) is 7.72. The molecule has 16 heavy (non-hydrogen) atoms. The second-order valence-corrected chi connectivity index (χ2v) is 3.74. The number of hydrazine groups is 1. The molecule has 0 aliphatic carbocycles. The summed E-state index contributed by atoms with van der Waals surface area (Å²) in [4.78, 5) is 21.1. The quantitative estimate of drug-likeness (QED) is 0.450. The standard InChI is InChI=1S/C9H14N6O/c10-9(16)6-1-2-15(4-6)8-3-7(14-11)12-5-13-8/h3,5-6H,1-2,4,11H2,(H2,10,16)(H,12,13,14). The third-order valence-corrected chi connectivity index (χ3v) is 2.72. The van der Waals surface area contributed by atoms with Crippen molar-refractivity contribution in [3.05, 3.63) is 12.4 Å². The van der Waals surface area contributed by atoms with E-state index in [9.17, 15) is 4.79 Å². The van der Waals surface area contributed by atoms with Gasteiger partial charge in [0.25, 0.3) is 0 Å². The summed E-state index contributed by atoms with van der Waals surface area (Å²) in [7, 11) is 0. The number of nitrogens with one attached hydrogen (secondary N) is 1. The largest absolute Gasteiger partial charge is 0.369 e. The van der Waals surface area contributed by atoms with Gasteiger partial charge in [0.05, 0.1) is 5.92 Å². The number of nitrogens with two attached hydrogens (primary N) is 2. The van der Waals surface area contributed by atoms with Crippen LogP contribution < -0.4 is 21.9 Å². The molecule has 86 valence electrons. The number of primary amides is 1. The van der Waals surface area contributed by atoms with Gasteiger partial charge in [-0.05, 0) is 6.42 Å². The van der Waals surface area contributed by atoms with Crippen LogP contribution >= 0.6 is 0 Å². The predicted octanol–water partition coefficient (Wildman–Crippen LogP) is -0.926. The number of carbonyl (C=O) groups excluding carboxylic acids is 1. The second kappa shape index (κ2) is 4.31. The van der Waals surface area contributed by atoms with Gasteiger partial charge in [-0.1, -0.05) is 0 Å². The van der Waals surface area contributed by atoms with Crippen LogP contribution in [0.4, 0.5) is 11.6 Å². The van der Waals surface area contributed by atoms with Crippen molar-refractivity contribution in [2.75, 3.05) is 23.4 Å². The van der Waals surface area contributed by atoms with Crippen LogP contribution in [0.1, 0.15) is 6.42 Å². The minimum atomic E-state index is -0.256. The highest BCUT2D eigenvalue weighted by atomic mass is 16.1. The normalized spacial score (nSPS) is 19.8. The van der Waals surface area contributed by atoms with Crippen molar-refractivity contribution in [3.63, 3.8) is 0 Å². The SMILES string of the molecule is NNc1cc(N2CCC(C(N)=O)C2)ncn1. The van der Waals surface area contributed by atoms with Gasteiger partial charge < -0.3 is 16.1 Å². The Bertz CT molecular complexity index is 395. The topological polar surface area (TPSA) is 110 Å². The van der Waals surface area contributed by atoms with Crippen molar-refractivity contribution in [1.29, 1.82) is 0 Å². The summed E-state index contributed by atoms with van der Waals surface area (Å²) in [6.07, 6.45) is 2.20. The Kier molecular flexibility index (Phi) is 2.86. The molecule has 1 fully saturated rings. The number of aromatic nitrogens is 2. The van der Waals surface area contributed by atoms with E-state index in [1.54, 1.807) is 6.07 Å². The van der Waals surface area contributed by atoms with Crippen LogP contribution in [0.25, 0.3) is 0 Å². The van der Waals surface area contributed by atoms with E-state index in [2.05, 4.69) is 15.4 Å². The molecule has 1 aromatic heterocycles. The first-order chi connectivity index (χ1) is 7.70. The molecule has 0 saturated carbocycles. The Hall–Kier alpha value is -1.89. The van der Waals surface area contributed by atoms with Gasteiger partial charge in [0, 0.05) is 19.2 Å². The third-order valence-electron chi connectivity index (χ3n) is 2.72. The summed E-state index contributed by atoms with van der Waals surface area (Å²) in [5.74, 6) is 6.22. The molecule has 1 unspecified atom stereocenters. The molecule has 7 nitrogen and oxygen atoms in total. The summed E-state index contributed by atoms with van der Waals surface area (Å²) in [6, 6.07) is 1.74. The highest BCUT2D eigenvalue weighted by Crippen LogP contribution is 2.22. The van der Waals surface area contributed by atoms with Crippen LogP contribution in [0.5, 0.6) is 0 Å². The van der Waals surface area contributed by atoms with Crippen molar-refractivity contribution in [2.45, 2.75) is 6.42 Å². The van der Waals surface area contributed by atoms with Gasteiger partial charge in [-0.25, -0.2) is 15.8 Å². The van der Waals surface area contributed by atoms with Crippen LogP contribution in [-0.2, 0) is 4.79 Å². The van der Waals surface area contributed by atoms with Crippen LogP contribution in [0.3, 0.4) is 0 Å². The molecule has 1 aliphatic rings. The molecule has 0 spiro atoms. The Morgan fingerprint density at radius 1 is 1.56 bits per heavy atom. The first-order valence-corrected chi connectivity index (χ1v) is 5.03. The van der Waals surface area contributed by atoms with Crippen LogP contribution in [0, 0.1) is 5.92 Å². The van der Waals surface area contributed by atoms with Crippen LogP contribution in [-0.4, -0.2) is 29.0 Å². The zero-order valence-electron chi connectivity index (χ0n) is 8.76. The maximum Gasteiger partial charge on any atom is 0.222 e. The summed E-state index contributed by atoms with van der Waals surface area (Å²) in [5, 5.41) is 0. The van der Waals surface area contributed by atoms with E-state index >= 15 is 0 Å². The molecule has 1 atom stereocenters. The number of amides is 1. The minimum Gasteiger partial charge on any atom is -0.369 e. The van der Waals surface area contributed by atoms with Gasteiger partial charge in [-0.15, -0.1) is 0 Å². The highest BCUT2D eigenvalue weighted by molar-refractivity contribution is 5.78. The monoisotopic (exact) mass is 222 g/mol. The molecular weight excluding hydrogens is 208 g/mol. The second-order valence-electron chi connectivity index (χ2n) is 3.74. The molecule has 1 aliphatic heterocycles. The molecule has 5 N–H and O–H groups in total. The van der Waals surface area contributed by atoms with Crippen LogP contribution in [0.2, 0.25) is 0 Å². The number of hydrogen-bond donors (Lipinski definition) is 3. The maximum absolute atomic E-state index is 11.0. The summed E-state index contributed by atoms with van der Waals surface area (Å²) >= 11 is 0. The fourth-order valence-electron chi connectivity index (χ4n) is 1.80. The van der Waals surface area contributed by atoms with Gasteiger partial charge in [0.15, 0.2) is 0 Å². The van der Waals surface area contributed by atoms with Crippen molar-refractivity contribution in [1.82, 2.24) is 9.97 Å². The number of nitrogens with zero attached hydrogens (tertiary/aromatic N) is 3. The lowest BCUT2D eigenvalue weighted by molar-refractivity contribution is -0.121. The number of rotatable bonds is 3. The third kappa shape index (κ3) is 2.03. The molecule has 0 radical (unpaired) electrons. The molecular formula is C9H14N6O. The van der Waals surface area contributed by atoms with E-state index in [4.69, 9.17) is 11.6 Å². The van der Waals surface area contributed by atoms with Crippen molar-refractivity contribution < 1.29 is 4.79 Å². The van der Waals surface area contributed by atoms with E-state index in [1.807, 2.05) is 4.90 Å². The molecule has 1 aromatic rings. The van der Waals surface area contributed by atoms with Gasteiger partial charge in [-0.3, -0.25) is 4.79 Å². The average molecular weight is 222 g/mol. The molecule has 0 bridgehead atoms. The van der Waals surface area contributed by atoms with Crippen molar-refractivity contribution in [3.8, 4) is 0 Å². The fraction of sp³-hybridized carbons (Fsp3) is 0.444. The number of anilines is 2. The van der Waals surface area contributed by atoms with Gasteiger partial charge in [-0.2, -0.15) is 0 Å². The number of carbonyl (C=O) groups is 1. The Balaban J connectivity index is 2.11. The van der Waals surface area contributed by atoms with E-state index in [-0.39, 0.29) is 11.8 Å². The van der Waals surface area contributed by atoms with Crippen molar-refractivity contribution >= 4 is 17.5 Å². The highest BCUT2D eigenvalue weighted by Gasteiger charge is 2.27. The first kappa shape index (κ1) is 10.6. The summed E-state index contributed by atoms with van der Waals surface area (Å²) < 4.78 is 0. The smallest absolute Gasteiger partial charge is 0.222 e. The Morgan fingerprint density at radius 2 is 2.38 bits per heavy atom. The van der Waals surface area contributed by atoms with Gasteiger partial charge in [0.1, 0.15) is 18.0 Å². The van der Waals surface area contributed by atoms with E-state index in [1.165, 1.54) is 6.33 Å². The van der Waals surface area contributed by atoms with Crippen molar-refractivity contribution in [2.24, 2.45) is 17.5 Å². The molecule has 2 rings (SSSR count). The average Bonchev–Trinajstić information content (AvgIpc) is 2.78. The van der Waals surface area contributed by atoms with Gasteiger partial charge in [0.2, 0.25) is 5.91 Å².